The molecule has 1 saturated heterocycles. The molecule has 0 bridgehead atoms. The number of nitrogens with zero attached hydrogens (tertiary/aromatic N) is 3. The van der Waals surface area contributed by atoms with Crippen LogP contribution in [0.15, 0.2) is 58.4 Å². The largest absolute Gasteiger partial charge is 0.340 e. The van der Waals surface area contributed by atoms with Gasteiger partial charge in [-0.3, -0.25) is 19.4 Å². The molecule has 2 aromatic carbocycles. The van der Waals surface area contributed by atoms with Crippen molar-refractivity contribution >= 4 is 21.8 Å². The summed E-state index contributed by atoms with van der Waals surface area (Å²) in [4.78, 5) is 21.6. The fourth-order valence-corrected chi connectivity index (χ4v) is 5.18. The molecule has 164 valence electrons. The van der Waals surface area contributed by atoms with Gasteiger partial charge in [-0.05, 0) is 43.2 Å². The van der Waals surface area contributed by atoms with Crippen LogP contribution in [0.25, 0.3) is 0 Å². The number of nitrogens with one attached hydrogen (secondary N) is 1. The maximum atomic E-state index is 13.1. The highest BCUT2D eigenvalue weighted by molar-refractivity contribution is 7.90. The smallest absolute Gasteiger partial charge is 0.263 e. The molecule has 2 heterocycles. The number of rotatable bonds is 4. The number of fused-ring (bicyclic) bond motifs is 1. The Morgan fingerprint density at radius 1 is 1.10 bits per heavy atom. The number of carbonyl (C=O) groups excluding carboxylic acids is 1. The van der Waals surface area contributed by atoms with E-state index in [1.165, 1.54) is 18.2 Å². The second kappa shape index (κ2) is 8.76. The van der Waals surface area contributed by atoms with Crippen LogP contribution in [-0.4, -0.2) is 62.2 Å². The van der Waals surface area contributed by atoms with Crippen LogP contribution in [-0.2, 0) is 21.4 Å². The summed E-state index contributed by atoms with van der Waals surface area (Å²) in [6.45, 7) is 5.14. The predicted molar refractivity (Wildman–Crippen MR) is 116 cm³/mol. The van der Waals surface area contributed by atoms with Crippen LogP contribution in [0.3, 0.4) is 0 Å². The van der Waals surface area contributed by atoms with Crippen LogP contribution in [0.2, 0.25) is 0 Å². The summed E-state index contributed by atoms with van der Waals surface area (Å²) in [5.74, 6) is -0.164. The lowest BCUT2D eigenvalue weighted by Gasteiger charge is -2.23. The van der Waals surface area contributed by atoms with Crippen LogP contribution in [0.5, 0.6) is 0 Å². The van der Waals surface area contributed by atoms with Crippen molar-refractivity contribution in [3.63, 3.8) is 0 Å². The fraction of sp³-hybridized carbons (Fsp3) is 0.364. The molecular weight excluding hydrogens is 419 g/mol. The van der Waals surface area contributed by atoms with Gasteiger partial charge in [0.25, 0.3) is 10.0 Å². The van der Waals surface area contributed by atoms with Crippen molar-refractivity contribution in [3.8, 4) is 0 Å². The molecule has 7 nitrogen and oxygen atoms in total. The molecule has 0 aliphatic carbocycles. The number of sulfonamides is 1. The predicted octanol–water partition coefficient (Wildman–Crippen LogP) is 1.99. The first-order valence-electron chi connectivity index (χ1n) is 10.3. The van der Waals surface area contributed by atoms with Crippen LogP contribution in [0, 0.1) is 5.82 Å². The average molecular weight is 445 g/mol. The molecule has 0 radical (unpaired) electrons. The van der Waals surface area contributed by atoms with Crippen LogP contribution in [0.4, 0.5) is 4.39 Å². The van der Waals surface area contributed by atoms with E-state index in [1.54, 1.807) is 42.2 Å². The van der Waals surface area contributed by atoms with E-state index >= 15 is 0 Å². The summed E-state index contributed by atoms with van der Waals surface area (Å²) < 4.78 is 40.1. The van der Waals surface area contributed by atoms with Crippen molar-refractivity contribution < 1.29 is 17.6 Å². The van der Waals surface area contributed by atoms with E-state index in [0.717, 1.165) is 18.5 Å². The van der Waals surface area contributed by atoms with Gasteiger partial charge in [0.15, 0.2) is 0 Å². The Hall–Kier alpha value is -2.78. The Balaban J connectivity index is 1.40. The Bertz CT molecular complexity index is 1100. The summed E-state index contributed by atoms with van der Waals surface area (Å²) in [7, 11) is -3.63. The number of amidine groups is 1. The monoisotopic (exact) mass is 444 g/mol. The second-order valence-corrected chi connectivity index (χ2v) is 9.49. The lowest BCUT2D eigenvalue weighted by atomic mass is 10.2. The van der Waals surface area contributed by atoms with E-state index in [0.29, 0.717) is 31.7 Å². The third-order valence-corrected chi connectivity index (χ3v) is 6.96. The van der Waals surface area contributed by atoms with E-state index < -0.39 is 16.1 Å². The van der Waals surface area contributed by atoms with E-state index in [-0.39, 0.29) is 22.5 Å². The first-order valence-corrected chi connectivity index (χ1v) is 11.8. The molecule has 31 heavy (non-hydrogen) atoms. The summed E-state index contributed by atoms with van der Waals surface area (Å²) >= 11 is 0. The number of hydrogen-bond donors (Lipinski definition) is 1. The third-order valence-electron chi connectivity index (χ3n) is 5.56. The average Bonchev–Trinajstić information content (AvgIpc) is 2.89. The van der Waals surface area contributed by atoms with Gasteiger partial charge in [-0.15, -0.1) is 0 Å². The fourth-order valence-electron chi connectivity index (χ4n) is 3.94. The molecule has 0 spiro atoms. The topological polar surface area (TPSA) is 82.1 Å². The normalized spacial score (nSPS) is 20.7. The number of amides is 1. The van der Waals surface area contributed by atoms with Crippen molar-refractivity contribution in [1.29, 1.82) is 0 Å². The van der Waals surface area contributed by atoms with Gasteiger partial charge in [-0.2, -0.15) is 0 Å². The molecular formula is C22H25FN4O3S. The first-order chi connectivity index (χ1) is 14.8. The zero-order valence-electron chi connectivity index (χ0n) is 17.3. The van der Waals surface area contributed by atoms with Gasteiger partial charge < -0.3 is 4.90 Å². The maximum Gasteiger partial charge on any atom is 0.263 e. The highest BCUT2D eigenvalue weighted by Crippen LogP contribution is 2.23. The minimum atomic E-state index is -3.63. The van der Waals surface area contributed by atoms with Gasteiger partial charge in [0.05, 0.1) is 4.90 Å². The SMILES string of the molecule is C[C@H](N=C1NS(=O)(=O)c2ccccc21)C(=O)N1CCCN(Cc2ccc(F)cc2)CC1. The van der Waals surface area contributed by atoms with E-state index in [9.17, 15) is 17.6 Å². The zero-order valence-corrected chi connectivity index (χ0v) is 18.1. The highest BCUT2D eigenvalue weighted by Gasteiger charge is 2.32. The Kier molecular flexibility index (Phi) is 6.06. The third kappa shape index (κ3) is 4.77. The lowest BCUT2D eigenvalue weighted by Crippen LogP contribution is -2.40. The molecule has 4 rings (SSSR count). The molecule has 1 N–H and O–H groups in total. The quantitative estimate of drug-likeness (QED) is 0.782. The summed E-state index contributed by atoms with van der Waals surface area (Å²) in [6, 6.07) is 12.4. The van der Waals surface area contributed by atoms with Gasteiger partial charge in [0.2, 0.25) is 5.91 Å². The lowest BCUT2D eigenvalue weighted by molar-refractivity contribution is -0.132. The molecule has 1 amide bonds. The maximum absolute atomic E-state index is 13.1. The van der Waals surface area contributed by atoms with Gasteiger partial charge in [-0.25, -0.2) is 12.8 Å². The first kappa shape index (κ1) is 21.5. The summed E-state index contributed by atoms with van der Waals surface area (Å²) in [5, 5.41) is 0. The number of carbonyl (C=O) groups is 1. The van der Waals surface area contributed by atoms with Gasteiger partial charge >= 0.3 is 0 Å². The van der Waals surface area contributed by atoms with Crippen molar-refractivity contribution in [2.45, 2.75) is 30.8 Å². The van der Waals surface area contributed by atoms with E-state index in [1.807, 2.05) is 0 Å². The van der Waals surface area contributed by atoms with Crippen LogP contribution >= 0.6 is 0 Å². The Morgan fingerprint density at radius 2 is 1.84 bits per heavy atom. The van der Waals surface area contributed by atoms with E-state index in [2.05, 4.69) is 14.6 Å². The number of aliphatic imine (C=N–C) groups is 1. The molecule has 2 aliphatic rings. The Labute approximate surface area is 181 Å². The van der Waals surface area contributed by atoms with Crippen molar-refractivity contribution in [2.75, 3.05) is 26.2 Å². The molecule has 1 atom stereocenters. The number of hydrogen-bond acceptors (Lipinski definition) is 5. The molecule has 9 heteroatoms. The van der Waals surface area contributed by atoms with Gasteiger partial charge in [0, 0.05) is 38.3 Å². The summed E-state index contributed by atoms with van der Waals surface area (Å²) in [5.41, 5.74) is 1.52. The second-order valence-electron chi connectivity index (χ2n) is 7.84. The van der Waals surface area contributed by atoms with Crippen LogP contribution < -0.4 is 4.72 Å². The molecule has 2 aromatic rings. The molecule has 0 aromatic heterocycles. The minimum Gasteiger partial charge on any atom is -0.340 e. The van der Waals surface area contributed by atoms with Crippen molar-refractivity contribution in [3.05, 3.63) is 65.5 Å². The van der Waals surface area contributed by atoms with Crippen LogP contribution in [0.1, 0.15) is 24.5 Å². The highest BCUT2D eigenvalue weighted by atomic mass is 32.2. The standard InChI is InChI=1S/C22H25FN4O3S/c1-16(24-21-19-5-2-3-6-20(19)31(29,30)25-21)22(28)27-12-4-11-26(13-14-27)15-17-7-9-18(23)10-8-17/h2-3,5-10,16H,4,11-15H2,1H3,(H,24,25)/t16-/m0/s1. The van der Waals surface area contributed by atoms with Crippen molar-refractivity contribution in [2.24, 2.45) is 4.99 Å². The Morgan fingerprint density at radius 3 is 2.61 bits per heavy atom. The number of benzene rings is 2. The summed E-state index contributed by atoms with van der Waals surface area (Å²) in [6.07, 6.45) is 0.825. The number of halogens is 1. The molecule has 0 saturated carbocycles. The van der Waals surface area contributed by atoms with Crippen molar-refractivity contribution in [1.82, 2.24) is 14.5 Å². The van der Waals surface area contributed by atoms with E-state index in [4.69, 9.17) is 0 Å². The van der Waals surface area contributed by atoms with Gasteiger partial charge in [-0.1, -0.05) is 24.3 Å². The minimum absolute atomic E-state index is 0.125. The molecule has 1 fully saturated rings. The van der Waals surface area contributed by atoms with Gasteiger partial charge in [0.1, 0.15) is 17.7 Å². The molecule has 0 unspecified atom stereocenters. The zero-order chi connectivity index (χ0) is 22.0. The molecule has 2 aliphatic heterocycles.